The number of carbonyl (C=O) groups excluding carboxylic acids is 2. The van der Waals surface area contributed by atoms with Crippen LogP contribution in [-0.2, 0) is 16.1 Å². The van der Waals surface area contributed by atoms with E-state index in [1.807, 2.05) is 0 Å². The Morgan fingerprint density at radius 1 is 1.34 bits per heavy atom. The van der Waals surface area contributed by atoms with Gasteiger partial charge in [0.05, 0.1) is 22.7 Å². The van der Waals surface area contributed by atoms with Gasteiger partial charge in [-0.2, -0.15) is 18.3 Å². The molecule has 1 aromatic carbocycles. The molecule has 0 saturated carbocycles. The molecule has 0 radical (unpaired) electrons. The second kappa shape index (κ2) is 7.18. The number of anilines is 2. The van der Waals surface area contributed by atoms with E-state index < -0.39 is 41.9 Å². The number of hydrogen-bond donors (Lipinski definition) is 1. The lowest BCUT2D eigenvalue weighted by Crippen LogP contribution is -2.50. The molecule has 1 aliphatic rings. The first-order valence-corrected chi connectivity index (χ1v) is 8.46. The van der Waals surface area contributed by atoms with Crippen molar-refractivity contribution < 1.29 is 27.7 Å². The van der Waals surface area contributed by atoms with Gasteiger partial charge in [0.2, 0.25) is 11.8 Å². The number of alkyl halides is 3. The van der Waals surface area contributed by atoms with Crippen molar-refractivity contribution in [2.75, 3.05) is 10.2 Å². The lowest BCUT2D eigenvalue weighted by atomic mass is 10.1. The van der Waals surface area contributed by atoms with E-state index in [1.165, 1.54) is 38.1 Å². The molecule has 12 heteroatoms. The Morgan fingerprint density at radius 2 is 2.00 bits per heavy atom. The first-order valence-electron chi connectivity index (χ1n) is 8.46. The first kappa shape index (κ1) is 20.3. The second-order valence-electron chi connectivity index (χ2n) is 6.52. The molecule has 1 N–H and O–H groups in total. The Kier molecular flexibility index (Phi) is 5.03. The average molecular weight is 411 g/mol. The van der Waals surface area contributed by atoms with E-state index in [1.54, 1.807) is 0 Å². The van der Waals surface area contributed by atoms with Crippen LogP contribution in [0.15, 0.2) is 24.3 Å². The summed E-state index contributed by atoms with van der Waals surface area (Å²) in [4.78, 5) is 35.9. The summed E-state index contributed by atoms with van der Waals surface area (Å²) >= 11 is 0. The lowest BCUT2D eigenvalue weighted by Gasteiger charge is -2.31. The quantitative estimate of drug-likeness (QED) is 0.617. The van der Waals surface area contributed by atoms with Gasteiger partial charge in [-0.3, -0.25) is 29.3 Å². The highest BCUT2D eigenvalue weighted by Gasteiger charge is 2.49. The van der Waals surface area contributed by atoms with Crippen molar-refractivity contribution in [1.82, 2.24) is 9.78 Å². The molecule has 0 fully saturated rings. The molecule has 1 unspecified atom stereocenters. The number of aryl methyl sites for hydroxylation is 1. The fourth-order valence-corrected chi connectivity index (χ4v) is 3.31. The van der Waals surface area contributed by atoms with Crippen LogP contribution in [0.4, 0.5) is 30.2 Å². The molecule has 0 spiro atoms. The third-order valence-electron chi connectivity index (χ3n) is 4.59. The van der Waals surface area contributed by atoms with Crippen LogP contribution < -0.4 is 10.2 Å². The molecule has 2 amide bonds. The van der Waals surface area contributed by atoms with E-state index in [9.17, 15) is 32.9 Å². The number of halogens is 3. The summed E-state index contributed by atoms with van der Waals surface area (Å²) < 4.78 is 42.1. The van der Waals surface area contributed by atoms with E-state index in [0.717, 1.165) is 4.68 Å². The molecule has 1 aromatic heterocycles. The highest BCUT2D eigenvalue weighted by atomic mass is 19.4. The fraction of sp³-hybridized carbons (Fsp3) is 0.353. The predicted molar refractivity (Wildman–Crippen MR) is 95.4 cm³/mol. The van der Waals surface area contributed by atoms with Gasteiger partial charge in [-0.25, -0.2) is 0 Å². The largest absolute Gasteiger partial charge is 0.409 e. The zero-order chi connectivity index (χ0) is 21.5. The second-order valence-corrected chi connectivity index (χ2v) is 6.52. The van der Waals surface area contributed by atoms with Gasteiger partial charge in [0.1, 0.15) is 24.0 Å². The van der Waals surface area contributed by atoms with Crippen molar-refractivity contribution in [1.29, 1.82) is 0 Å². The minimum Gasteiger partial charge on any atom is -0.324 e. The summed E-state index contributed by atoms with van der Waals surface area (Å²) in [7, 11) is 0. The molecule has 0 aliphatic carbocycles. The van der Waals surface area contributed by atoms with Crippen molar-refractivity contribution in [2.45, 2.75) is 39.0 Å². The number of nitrogens with one attached hydrogen (secondary N) is 1. The van der Waals surface area contributed by atoms with Gasteiger partial charge in [-0.15, -0.1) is 0 Å². The van der Waals surface area contributed by atoms with Crippen LogP contribution in [0.25, 0.3) is 0 Å². The SMILES string of the molecule is Cc1nn(CC(=O)N2c3ccccc3NC(=O)CC2C(F)(F)F)c(C)c1[N+](=O)[O-]. The number of nitrogens with zero attached hydrogens (tertiary/aromatic N) is 4. The summed E-state index contributed by atoms with van der Waals surface area (Å²) in [5, 5.41) is 17.4. The lowest BCUT2D eigenvalue weighted by molar-refractivity contribution is -0.386. The van der Waals surface area contributed by atoms with Crippen LogP contribution in [-0.4, -0.2) is 38.7 Å². The molecule has 2 aromatic rings. The number of para-hydroxylation sites is 2. The Morgan fingerprint density at radius 3 is 2.59 bits per heavy atom. The van der Waals surface area contributed by atoms with Gasteiger partial charge >= 0.3 is 11.9 Å². The molecule has 0 bridgehead atoms. The summed E-state index contributed by atoms with van der Waals surface area (Å²) in [6.07, 6.45) is -5.84. The number of fused-ring (bicyclic) bond motifs is 1. The van der Waals surface area contributed by atoms with Crippen molar-refractivity contribution in [3.8, 4) is 0 Å². The smallest absolute Gasteiger partial charge is 0.324 e. The van der Waals surface area contributed by atoms with E-state index in [2.05, 4.69) is 10.4 Å². The van der Waals surface area contributed by atoms with Crippen molar-refractivity contribution >= 4 is 28.9 Å². The molecular weight excluding hydrogens is 395 g/mol. The zero-order valence-electron chi connectivity index (χ0n) is 15.4. The molecule has 9 nitrogen and oxygen atoms in total. The van der Waals surface area contributed by atoms with Crippen LogP contribution >= 0.6 is 0 Å². The van der Waals surface area contributed by atoms with E-state index in [0.29, 0.717) is 4.90 Å². The molecule has 154 valence electrons. The standard InChI is InChI=1S/C17H16F3N5O4/c1-9-16(25(28)29)10(2)23(22-9)8-15(27)24-12-6-4-3-5-11(12)21-14(26)7-13(24)17(18,19)20/h3-6,13H,7-8H2,1-2H3,(H,21,26). The summed E-state index contributed by atoms with van der Waals surface area (Å²) in [6, 6.07) is 3.26. The Balaban J connectivity index is 2.06. The minimum absolute atomic E-state index is 0.0424. The molecule has 3 rings (SSSR count). The number of nitro groups is 1. The van der Waals surface area contributed by atoms with Gasteiger partial charge in [0.25, 0.3) is 0 Å². The van der Waals surface area contributed by atoms with Gasteiger partial charge in [0, 0.05) is 0 Å². The van der Waals surface area contributed by atoms with Crippen LogP contribution in [0.5, 0.6) is 0 Å². The number of aromatic nitrogens is 2. The van der Waals surface area contributed by atoms with E-state index in [-0.39, 0.29) is 28.5 Å². The number of hydrogen-bond acceptors (Lipinski definition) is 5. The summed E-state index contributed by atoms with van der Waals surface area (Å²) in [5.74, 6) is -1.88. The summed E-state index contributed by atoms with van der Waals surface area (Å²) in [5.41, 5.74) is -0.264. The molecule has 1 atom stereocenters. The monoisotopic (exact) mass is 411 g/mol. The predicted octanol–water partition coefficient (Wildman–Crippen LogP) is 2.71. The van der Waals surface area contributed by atoms with Crippen LogP contribution in [0, 0.1) is 24.0 Å². The zero-order valence-corrected chi connectivity index (χ0v) is 15.4. The van der Waals surface area contributed by atoms with Gasteiger partial charge in [-0.05, 0) is 26.0 Å². The Hall–Kier alpha value is -3.44. The van der Waals surface area contributed by atoms with Crippen LogP contribution in [0.1, 0.15) is 17.8 Å². The van der Waals surface area contributed by atoms with Gasteiger partial charge in [-0.1, -0.05) is 12.1 Å². The maximum Gasteiger partial charge on any atom is 0.409 e. The topological polar surface area (TPSA) is 110 Å². The molecule has 2 heterocycles. The maximum atomic E-state index is 13.7. The molecular formula is C17H16F3N5O4. The molecule has 1 aliphatic heterocycles. The van der Waals surface area contributed by atoms with E-state index in [4.69, 9.17) is 0 Å². The average Bonchev–Trinajstić information content (AvgIpc) is 2.79. The Bertz CT molecular complexity index is 1000. The van der Waals surface area contributed by atoms with Gasteiger partial charge < -0.3 is 5.32 Å². The van der Waals surface area contributed by atoms with Crippen LogP contribution in [0.2, 0.25) is 0 Å². The normalized spacial score (nSPS) is 16.8. The van der Waals surface area contributed by atoms with Crippen molar-refractivity contribution in [3.63, 3.8) is 0 Å². The third kappa shape index (κ3) is 3.77. The minimum atomic E-state index is -4.87. The van der Waals surface area contributed by atoms with Gasteiger partial charge in [0.15, 0.2) is 0 Å². The molecule has 0 saturated heterocycles. The van der Waals surface area contributed by atoms with E-state index >= 15 is 0 Å². The molecule has 29 heavy (non-hydrogen) atoms. The fourth-order valence-electron chi connectivity index (χ4n) is 3.31. The van der Waals surface area contributed by atoms with Crippen molar-refractivity contribution in [3.05, 3.63) is 45.8 Å². The highest BCUT2D eigenvalue weighted by Crippen LogP contribution is 2.38. The summed E-state index contributed by atoms with van der Waals surface area (Å²) in [6.45, 7) is 2.07. The Labute approximate surface area is 162 Å². The number of rotatable bonds is 3. The third-order valence-corrected chi connectivity index (χ3v) is 4.59. The number of carbonyl (C=O) groups is 2. The number of benzene rings is 1. The van der Waals surface area contributed by atoms with Crippen molar-refractivity contribution in [2.24, 2.45) is 0 Å². The first-order chi connectivity index (χ1) is 13.5. The highest BCUT2D eigenvalue weighted by molar-refractivity contribution is 6.04. The number of amides is 2. The maximum absolute atomic E-state index is 13.7. The van der Waals surface area contributed by atoms with Crippen LogP contribution in [0.3, 0.4) is 0 Å².